The summed E-state index contributed by atoms with van der Waals surface area (Å²) in [5.41, 5.74) is -0.749. The van der Waals surface area contributed by atoms with Gasteiger partial charge >= 0.3 is 0 Å². The van der Waals surface area contributed by atoms with Crippen molar-refractivity contribution in [2.45, 2.75) is 65.8 Å². The second kappa shape index (κ2) is 12.3. The summed E-state index contributed by atoms with van der Waals surface area (Å²) >= 11 is 5.94. The van der Waals surface area contributed by atoms with Crippen molar-refractivity contribution < 1.29 is 19.2 Å². The first kappa shape index (κ1) is 34.1. The van der Waals surface area contributed by atoms with E-state index in [-0.39, 0.29) is 72.5 Å². The van der Waals surface area contributed by atoms with E-state index in [1.165, 1.54) is 53.1 Å². The van der Waals surface area contributed by atoms with E-state index < -0.39 is 45.9 Å². The fraction of sp³-hybridized carbons (Fsp3) is 0.250. The number of amides is 4. The van der Waals surface area contributed by atoms with E-state index in [0.29, 0.717) is 22.0 Å². The standard InChI is InChI=1S/C40H31ClN4O8/c1-4-5-6-7-8-9-14-42-33(46)25-17-27-28(18-26(25)34(42)47)38(51)44(37(27)50)30-16-19(2)29(15-20(30)3)43-35(48)21-10-12-23-32-24(40(53)45(41)39(23)52)13-11-22(31(21)32)36(43)49/h10-13,15-18H,4-9,14H2,1-3H3. The highest BCUT2D eigenvalue weighted by atomic mass is 35.5. The van der Waals surface area contributed by atoms with Crippen LogP contribution in [0.25, 0.3) is 38.0 Å². The highest BCUT2D eigenvalue weighted by Crippen LogP contribution is 2.40. The Hall–Kier alpha value is -6.01. The van der Waals surface area contributed by atoms with E-state index in [9.17, 15) is 38.4 Å². The third kappa shape index (κ3) is 4.81. The molecule has 4 heterocycles. The Kier molecular flexibility index (Phi) is 7.91. The van der Waals surface area contributed by atoms with Crippen LogP contribution in [-0.2, 0) is 6.54 Å². The lowest BCUT2D eigenvalue weighted by molar-refractivity contribution is 0.0725. The van der Waals surface area contributed by atoms with Crippen molar-refractivity contribution in [3.05, 3.63) is 123 Å². The average Bonchev–Trinajstić information content (AvgIpc) is 3.53. The molecule has 2 aliphatic rings. The first-order valence-electron chi connectivity index (χ1n) is 17.4. The van der Waals surface area contributed by atoms with Crippen LogP contribution in [0.5, 0.6) is 0 Å². The fourth-order valence-corrected chi connectivity index (χ4v) is 8.01. The van der Waals surface area contributed by atoms with Gasteiger partial charge in [0, 0.05) is 51.3 Å². The van der Waals surface area contributed by atoms with Gasteiger partial charge < -0.3 is 0 Å². The number of nitrogens with zero attached hydrogens (tertiary/aromatic N) is 4. The number of anilines is 1. The number of rotatable bonds is 9. The lowest BCUT2D eigenvalue weighted by Crippen LogP contribution is -2.42. The van der Waals surface area contributed by atoms with Gasteiger partial charge in [0.1, 0.15) is 0 Å². The van der Waals surface area contributed by atoms with Gasteiger partial charge in [-0.15, -0.1) is 0 Å². The number of carbonyl (C=O) groups excluding carboxylic acids is 4. The second-order valence-corrected chi connectivity index (χ2v) is 14.1. The summed E-state index contributed by atoms with van der Waals surface area (Å²) < 4.78 is 2.62. The van der Waals surface area contributed by atoms with Crippen molar-refractivity contribution in [1.82, 2.24) is 13.6 Å². The predicted molar refractivity (Wildman–Crippen MR) is 201 cm³/mol. The van der Waals surface area contributed by atoms with E-state index in [1.807, 2.05) is 0 Å². The minimum atomic E-state index is -0.765. The molecule has 13 heteroatoms. The first-order chi connectivity index (χ1) is 25.4. The van der Waals surface area contributed by atoms with Gasteiger partial charge in [-0.3, -0.25) is 42.9 Å². The second-order valence-electron chi connectivity index (χ2n) is 13.8. The molecule has 2 aromatic heterocycles. The maximum absolute atomic E-state index is 14.0. The molecule has 0 unspecified atom stereocenters. The minimum Gasteiger partial charge on any atom is -0.274 e. The number of unbranched alkanes of at least 4 members (excludes halogenated alkanes) is 5. The largest absolute Gasteiger partial charge is 0.276 e. The maximum atomic E-state index is 14.0. The van der Waals surface area contributed by atoms with E-state index in [1.54, 1.807) is 13.8 Å². The molecule has 0 radical (unpaired) electrons. The van der Waals surface area contributed by atoms with Crippen LogP contribution in [-0.4, -0.2) is 37.2 Å². The number of halogens is 1. The number of aromatic nitrogens is 2. The van der Waals surface area contributed by atoms with Crippen LogP contribution in [0.2, 0.25) is 0 Å². The molecule has 8 rings (SSSR count). The summed E-state index contributed by atoms with van der Waals surface area (Å²) in [6.45, 7) is 5.65. The molecule has 0 saturated heterocycles. The highest BCUT2D eigenvalue weighted by Gasteiger charge is 2.40. The van der Waals surface area contributed by atoms with Crippen molar-refractivity contribution in [3.8, 4) is 5.69 Å². The molecule has 0 aliphatic carbocycles. The van der Waals surface area contributed by atoms with Crippen LogP contribution in [0.4, 0.5) is 5.69 Å². The summed E-state index contributed by atoms with van der Waals surface area (Å²) in [5.74, 6) is -2.91. The van der Waals surface area contributed by atoms with Crippen LogP contribution < -0.4 is 27.1 Å². The zero-order chi connectivity index (χ0) is 37.6. The molecule has 4 aromatic carbocycles. The third-order valence-corrected chi connectivity index (χ3v) is 10.9. The van der Waals surface area contributed by atoms with Crippen LogP contribution in [0.15, 0.2) is 67.7 Å². The van der Waals surface area contributed by atoms with Gasteiger partial charge in [0.25, 0.3) is 45.9 Å². The number of imide groups is 2. The molecule has 266 valence electrons. The predicted octanol–water partition coefficient (Wildman–Crippen LogP) is 5.58. The van der Waals surface area contributed by atoms with Gasteiger partial charge in [0.15, 0.2) is 0 Å². The summed E-state index contributed by atoms with van der Waals surface area (Å²) in [6, 6.07) is 11.3. The maximum Gasteiger partial charge on any atom is 0.276 e. The Morgan fingerprint density at radius 3 is 1.43 bits per heavy atom. The number of aryl methyl sites for hydroxylation is 2. The molecule has 0 saturated carbocycles. The molecule has 53 heavy (non-hydrogen) atoms. The molecule has 0 bridgehead atoms. The summed E-state index contributed by atoms with van der Waals surface area (Å²) in [7, 11) is 0. The average molecular weight is 731 g/mol. The molecule has 0 N–H and O–H groups in total. The Balaban J connectivity index is 1.17. The Morgan fingerprint density at radius 2 is 0.925 bits per heavy atom. The molecule has 2 aliphatic heterocycles. The van der Waals surface area contributed by atoms with Gasteiger partial charge in [0.05, 0.1) is 32.9 Å². The Labute approximate surface area is 305 Å². The number of hydrogen-bond acceptors (Lipinski definition) is 8. The summed E-state index contributed by atoms with van der Waals surface area (Å²) in [5, 5.41) is 0.546. The number of carbonyl (C=O) groups is 4. The third-order valence-electron chi connectivity index (χ3n) is 10.6. The highest BCUT2D eigenvalue weighted by molar-refractivity contribution is 6.43. The van der Waals surface area contributed by atoms with Gasteiger partial charge in [-0.1, -0.05) is 39.0 Å². The van der Waals surface area contributed by atoms with Crippen LogP contribution >= 0.6 is 11.8 Å². The van der Waals surface area contributed by atoms with E-state index in [0.717, 1.165) is 41.6 Å². The van der Waals surface area contributed by atoms with Gasteiger partial charge in [0.2, 0.25) is 0 Å². The number of benzene rings is 4. The van der Waals surface area contributed by atoms with Crippen molar-refractivity contribution in [3.63, 3.8) is 0 Å². The summed E-state index contributed by atoms with van der Waals surface area (Å²) in [6.07, 6.45) is 5.92. The van der Waals surface area contributed by atoms with Crippen molar-refractivity contribution >= 4 is 73.4 Å². The molecule has 0 atom stereocenters. The molecular formula is C40H31ClN4O8. The zero-order valence-corrected chi connectivity index (χ0v) is 29.8. The van der Waals surface area contributed by atoms with Gasteiger partial charge in [-0.2, -0.15) is 4.42 Å². The van der Waals surface area contributed by atoms with Crippen molar-refractivity contribution in [2.75, 3.05) is 4.90 Å². The zero-order valence-electron chi connectivity index (χ0n) is 29.0. The molecule has 0 fully saturated rings. The van der Waals surface area contributed by atoms with Crippen molar-refractivity contribution in [2.24, 2.45) is 0 Å². The van der Waals surface area contributed by atoms with E-state index in [4.69, 9.17) is 11.8 Å². The smallest absolute Gasteiger partial charge is 0.274 e. The Morgan fingerprint density at radius 1 is 0.509 bits per heavy atom. The number of hydrogen-bond donors (Lipinski definition) is 0. The van der Waals surface area contributed by atoms with E-state index in [2.05, 4.69) is 6.92 Å². The lowest BCUT2D eigenvalue weighted by atomic mass is 9.86. The quantitative estimate of drug-likeness (QED) is 0.106. The molecular weight excluding hydrogens is 700 g/mol. The topological polar surface area (TPSA) is 153 Å². The minimum absolute atomic E-state index is 0.00433. The molecule has 12 nitrogen and oxygen atoms in total. The fourth-order valence-electron chi connectivity index (χ4n) is 7.83. The summed E-state index contributed by atoms with van der Waals surface area (Å²) in [4.78, 5) is 109. The van der Waals surface area contributed by atoms with Crippen LogP contribution in [0.3, 0.4) is 0 Å². The first-order valence-corrected chi connectivity index (χ1v) is 17.8. The van der Waals surface area contributed by atoms with Crippen LogP contribution in [0.1, 0.15) is 98.0 Å². The van der Waals surface area contributed by atoms with Gasteiger partial charge in [-0.25, -0.2) is 9.47 Å². The van der Waals surface area contributed by atoms with Crippen molar-refractivity contribution in [1.29, 1.82) is 0 Å². The molecule has 0 spiro atoms. The monoisotopic (exact) mass is 730 g/mol. The Bertz CT molecular complexity index is 2740. The van der Waals surface area contributed by atoms with Gasteiger partial charge in [-0.05, 0) is 79.9 Å². The van der Waals surface area contributed by atoms with Crippen LogP contribution in [0, 0.1) is 13.8 Å². The number of fused-ring (bicyclic) bond motifs is 2. The molecule has 4 amide bonds. The lowest BCUT2D eigenvalue weighted by Gasteiger charge is -2.31. The molecule has 6 aromatic rings. The normalized spacial score (nSPS) is 14.2. The SMILES string of the molecule is CCCCCCCCn1c(=O)c2cc3c(=O)n(-c4cc(C)c(N5C(=O)c6ccc7c8c(ccc(c68)C5=O)C(=O)N(Cl)C7=O)cc4C)c(=O)c3cc2c1=O. The van der Waals surface area contributed by atoms with E-state index >= 15 is 0 Å².